The number of para-hydroxylation sites is 2. The molecule has 88 valence electrons. The van der Waals surface area contributed by atoms with Gasteiger partial charge in [-0.1, -0.05) is 24.3 Å². The second-order valence-electron chi connectivity index (χ2n) is 3.95. The Bertz CT molecular complexity index is 523. The van der Waals surface area contributed by atoms with Crippen LogP contribution < -0.4 is 10.5 Å². The highest BCUT2D eigenvalue weighted by atomic mass is 16.5. The van der Waals surface area contributed by atoms with Crippen LogP contribution in [0, 0.1) is 6.92 Å². The Morgan fingerprint density at radius 2 is 1.94 bits per heavy atom. The van der Waals surface area contributed by atoms with Crippen LogP contribution in [0.3, 0.4) is 0 Å². The molecule has 0 bridgehead atoms. The van der Waals surface area contributed by atoms with Crippen molar-refractivity contribution in [2.24, 2.45) is 0 Å². The molecule has 2 aromatic rings. The van der Waals surface area contributed by atoms with E-state index in [1.165, 1.54) is 0 Å². The molecule has 0 fully saturated rings. The Balaban J connectivity index is 2.08. The van der Waals surface area contributed by atoms with Gasteiger partial charge in [-0.15, -0.1) is 0 Å². The Kier molecular flexibility index (Phi) is 3.19. The highest BCUT2D eigenvalue weighted by Crippen LogP contribution is 2.25. The topological polar surface area (TPSA) is 55.5 Å². The SMILES string of the molecule is Cc1cc(COc2ccccc2O)ccc1N. The van der Waals surface area contributed by atoms with Gasteiger partial charge in [0.15, 0.2) is 11.5 Å². The maximum atomic E-state index is 9.54. The number of phenols is 1. The summed E-state index contributed by atoms with van der Waals surface area (Å²) in [6.45, 7) is 2.37. The van der Waals surface area contributed by atoms with Crippen molar-refractivity contribution in [3.8, 4) is 11.5 Å². The molecule has 0 amide bonds. The maximum Gasteiger partial charge on any atom is 0.161 e. The van der Waals surface area contributed by atoms with E-state index in [2.05, 4.69) is 0 Å². The molecule has 0 radical (unpaired) electrons. The number of phenolic OH excluding ortho intramolecular Hbond substituents is 1. The highest BCUT2D eigenvalue weighted by molar-refractivity contribution is 5.47. The first-order valence-electron chi connectivity index (χ1n) is 5.42. The first kappa shape index (κ1) is 11.3. The van der Waals surface area contributed by atoms with Crippen molar-refractivity contribution in [2.75, 3.05) is 5.73 Å². The van der Waals surface area contributed by atoms with Gasteiger partial charge >= 0.3 is 0 Å². The number of nitrogen functional groups attached to an aromatic ring is 1. The number of nitrogens with two attached hydrogens (primary N) is 1. The molecule has 3 nitrogen and oxygen atoms in total. The fourth-order valence-electron chi connectivity index (χ4n) is 1.57. The monoisotopic (exact) mass is 229 g/mol. The maximum absolute atomic E-state index is 9.54. The summed E-state index contributed by atoms with van der Waals surface area (Å²) in [5.41, 5.74) is 8.57. The summed E-state index contributed by atoms with van der Waals surface area (Å²) in [4.78, 5) is 0. The summed E-state index contributed by atoms with van der Waals surface area (Å²) < 4.78 is 5.53. The van der Waals surface area contributed by atoms with Gasteiger partial charge in [0.05, 0.1) is 0 Å². The van der Waals surface area contributed by atoms with E-state index in [0.717, 1.165) is 16.8 Å². The number of rotatable bonds is 3. The minimum atomic E-state index is 0.152. The van der Waals surface area contributed by atoms with Gasteiger partial charge in [-0.3, -0.25) is 0 Å². The van der Waals surface area contributed by atoms with Crippen LogP contribution in [0.1, 0.15) is 11.1 Å². The van der Waals surface area contributed by atoms with Crippen LogP contribution in [0.5, 0.6) is 11.5 Å². The van der Waals surface area contributed by atoms with Gasteiger partial charge in [0, 0.05) is 5.69 Å². The predicted molar refractivity (Wildman–Crippen MR) is 68.0 cm³/mol. The second-order valence-corrected chi connectivity index (χ2v) is 3.95. The zero-order chi connectivity index (χ0) is 12.3. The van der Waals surface area contributed by atoms with Gasteiger partial charge in [-0.25, -0.2) is 0 Å². The third kappa shape index (κ3) is 2.69. The van der Waals surface area contributed by atoms with Gasteiger partial charge in [0.1, 0.15) is 6.61 Å². The molecular formula is C14H15NO2. The molecular weight excluding hydrogens is 214 g/mol. The van der Waals surface area contributed by atoms with Crippen molar-refractivity contribution in [2.45, 2.75) is 13.5 Å². The number of benzene rings is 2. The van der Waals surface area contributed by atoms with E-state index in [9.17, 15) is 5.11 Å². The summed E-state index contributed by atoms with van der Waals surface area (Å²) in [6.07, 6.45) is 0. The Morgan fingerprint density at radius 1 is 1.18 bits per heavy atom. The van der Waals surface area contributed by atoms with E-state index in [1.807, 2.05) is 31.2 Å². The Hall–Kier alpha value is -2.16. The zero-order valence-electron chi connectivity index (χ0n) is 9.68. The van der Waals surface area contributed by atoms with Crippen molar-refractivity contribution < 1.29 is 9.84 Å². The molecule has 0 saturated heterocycles. The summed E-state index contributed by atoms with van der Waals surface area (Å²) in [5.74, 6) is 0.640. The van der Waals surface area contributed by atoms with Crippen molar-refractivity contribution in [3.05, 3.63) is 53.6 Å². The van der Waals surface area contributed by atoms with E-state index in [-0.39, 0.29) is 5.75 Å². The minimum absolute atomic E-state index is 0.152. The lowest BCUT2D eigenvalue weighted by Crippen LogP contribution is -1.97. The number of hydrogen-bond donors (Lipinski definition) is 2. The summed E-state index contributed by atoms with van der Waals surface area (Å²) in [7, 11) is 0. The summed E-state index contributed by atoms with van der Waals surface area (Å²) >= 11 is 0. The van der Waals surface area contributed by atoms with Crippen LogP contribution >= 0.6 is 0 Å². The third-order valence-corrected chi connectivity index (χ3v) is 2.59. The molecule has 0 spiro atoms. The second kappa shape index (κ2) is 4.78. The van der Waals surface area contributed by atoms with Crippen LogP contribution in [-0.2, 0) is 6.61 Å². The summed E-state index contributed by atoms with van der Waals surface area (Å²) in [5, 5.41) is 9.54. The molecule has 0 atom stereocenters. The van der Waals surface area contributed by atoms with Crippen LogP contribution in [0.15, 0.2) is 42.5 Å². The van der Waals surface area contributed by atoms with Gasteiger partial charge < -0.3 is 15.6 Å². The largest absolute Gasteiger partial charge is 0.504 e. The third-order valence-electron chi connectivity index (χ3n) is 2.59. The molecule has 17 heavy (non-hydrogen) atoms. The van der Waals surface area contributed by atoms with Crippen molar-refractivity contribution in [1.29, 1.82) is 0 Å². The van der Waals surface area contributed by atoms with Crippen LogP contribution in [-0.4, -0.2) is 5.11 Å². The first-order chi connectivity index (χ1) is 8.16. The van der Waals surface area contributed by atoms with Crippen molar-refractivity contribution in [3.63, 3.8) is 0 Å². The zero-order valence-corrected chi connectivity index (χ0v) is 9.68. The van der Waals surface area contributed by atoms with Gasteiger partial charge in [0.25, 0.3) is 0 Å². The number of hydrogen-bond acceptors (Lipinski definition) is 3. The lowest BCUT2D eigenvalue weighted by atomic mass is 10.1. The average molecular weight is 229 g/mol. The van der Waals surface area contributed by atoms with Gasteiger partial charge in [-0.05, 0) is 36.2 Å². The number of anilines is 1. The molecule has 0 saturated carbocycles. The van der Waals surface area contributed by atoms with Gasteiger partial charge in [0.2, 0.25) is 0 Å². The molecule has 2 rings (SSSR count). The Morgan fingerprint density at radius 3 is 2.65 bits per heavy atom. The molecule has 3 N–H and O–H groups in total. The molecule has 0 aliphatic carbocycles. The highest BCUT2D eigenvalue weighted by Gasteiger charge is 2.02. The number of aryl methyl sites for hydroxylation is 1. The standard InChI is InChI=1S/C14H15NO2/c1-10-8-11(6-7-12(10)15)9-17-14-5-3-2-4-13(14)16/h2-8,16H,9,15H2,1H3. The van der Waals surface area contributed by atoms with Gasteiger partial charge in [-0.2, -0.15) is 0 Å². The van der Waals surface area contributed by atoms with E-state index in [4.69, 9.17) is 10.5 Å². The fourth-order valence-corrected chi connectivity index (χ4v) is 1.57. The first-order valence-corrected chi connectivity index (χ1v) is 5.42. The lowest BCUT2D eigenvalue weighted by molar-refractivity contribution is 0.289. The normalized spacial score (nSPS) is 10.2. The van der Waals surface area contributed by atoms with E-state index in [0.29, 0.717) is 12.4 Å². The molecule has 3 heteroatoms. The van der Waals surface area contributed by atoms with Crippen LogP contribution in [0.4, 0.5) is 5.69 Å². The average Bonchev–Trinajstić information content (AvgIpc) is 2.32. The van der Waals surface area contributed by atoms with E-state index < -0.39 is 0 Å². The minimum Gasteiger partial charge on any atom is -0.504 e. The van der Waals surface area contributed by atoms with E-state index in [1.54, 1.807) is 18.2 Å². The Labute approximate surface area is 100 Å². The molecule has 0 aromatic heterocycles. The number of ether oxygens (including phenoxy) is 1. The van der Waals surface area contributed by atoms with Crippen molar-refractivity contribution in [1.82, 2.24) is 0 Å². The summed E-state index contributed by atoms with van der Waals surface area (Å²) in [6, 6.07) is 12.7. The molecule has 0 heterocycles. The molecule has 0 aliphatic rings. The molecule has 0 unspecified atom stereocenters. The number of aromatic hydroxyl groups is 1. The lowest BCUT2D eigenvalue weighted by Gasteiger charge is -2.09. The smallest absolute Gasteiger partial charge is 0.161 e. The fraction of sp³-hybridized carbons (Fsp3) is 0.143. The van der Waals surface area contributed by atoms with E-state index >= 15 is 0 Å². The predicted octanol–water partition coefficient (Wildman–Crippen LogP) is 2.86. The quantitative estimate of drug-likeness (QED) is 0.796. The van der Waals surface area contributed by atoms with Crippen LogP contribution in [0.25, 0.3) is 0 Å². The van der Waals surface area contributed by atoms with Crippen LogP contribution in [0.2, 0.25) is 0 Å². The molecule has 2 aromatic carbocycles. The van der Waals surface area contributed by atoms with Crippen molar-refractivity contribution >= 4 is 5.69 Å². The molecule has 0 aliphatic heterocycles.